The predicted molar refractivity (Wildman–Crippen MR) is 119 cm³/mol. The first-order valence-corrected chi connectivity index (χ1v) is 10.4. The number of nitrogens with zero attached hydrogens (tertiary/aromatic N) is 2. The minimum Gasteiger partial charge on any atom is -0.477 e. The monoisotopic (exact) mass is 501 g/mol. The van der Waals surface area contributed by atoms with Crippen molar-refractivity contribution in [3.8, 4) is 17.0 Å². The molecule has 4 aromatic rings. The number of benzene rings is 2. The molecule has 0 saturated heterocycles. The summed E-state index contributed by atoms with van der Waals surface area (Å²) in [6.45, 7) is 0.153. The molecule has 162 valence electrons. The number of aromatic hydroxyl groups is 1. The van der Waals surface area contributed by atoms with Gasteiger partial charge in [-0.15, -0.1) is 0 Å². The van der Waals surface area contributed by atoms with E-state index in [1.807, 2.05) is 36.4 Å². The summed E-state index contributed by atoms with van der Waals surface area (Å²) in [6.07, 6.45) is -1.20. The highest BCUT2D eigenvalue weighted by atomic mass is 79.9. The summed E-state index contributed by atoms with van der Waals surface area (Å²) in [5.74, 6) is -0.418. The van der Waals surface area contributed by atoms with Crippen LogP contribution in [-0.2, 0) is 12.7 Å². The minimum atomic E-state index is -4.57. The minimum absolute atomic E-state index is 0.0162. The van der Waals surface area contributed by atoms with Crippen molar-refractivity contribution < 1.29 is 22.8 Å². The van der Waals surface area contributed by atoms with Gasteiger partial charge >= 0.3 is 11.7 Å². The quantitative estimate of drug-likeness (QED) is 0.380. The lowest BCUT2D eigenvalue weighted by atomic mass is 10.0. The summed E-state index contributed by atoms with van der Waals surface area (Å²) in [7, 11) is 0. The van der Waals surface area contributed by atoms with E-state index in [4.69, 9.17) is 0 Å². The average molecular weight is 502 g/mol. The molecule has 1 N–H and O–H groups in total. The predicted octanol–water partition coefficient (Wildman–Crippen LogP) is 5.41. The van der Waals surface area contributed by atoms with Gasteiger partial charge in [-0.2, -0.15) is 22.1 Å². The van der Waals surface area contributed by atoms with Gasteiger partial charge in [0.15, 0.2) is 5.56 Å². The van der Waals surface area contributed by atoms with Crippen LogP contribution in [0.1, 0.15) is 11.1 Å². The van der Waals surface area contributed by atoms with E-state index < -0.39 is 23.2 Å². The molecule has 8 heteroatoms. The van der Waals surface area contributed by atoms with Crippen LogP contribution in [0.15, 0.2) is 88.3 Å². The van der Waals surface area contributed by atoms with E-state index in [1.54, 1.807) is 18.2 Å². The molecule has 0 amide bonds. The molecule has 0 aliphatic rings. The van der Waals surface area contributed by atoms with E-state index in [2.05, 4.69) is 15.9 Å². The van der Waals surface area contributed by atoms with Crippen LogP contribution >= 0.6 is 15.9 Å². The molecular formula is C24H17BrF3N2O2+. The summed E-state index contributed by atoms with van der Waals surface area (Å²) in [5, 5.41) is 11.1. The number of hydrogen-bond acceptors (Lipinski definition) is 2. The van der Waals surface area contributed by atoms with Crippen molar-refractivity contribution in [1.82, 2.24) is 4.40 Å². The zero-order chi connectivity index (χ0) is 22.9. The van der Waals surface area contributed by atoms with Crippen molar-refractivity contribution in [2.45, 2.75) is 12.7 Å². The fourth-order valence-corrected chi connectivity index (χ4v) is 3.99. The van der Waals surface area contributed by atoms with Crippen molar-refractivity contribution in [2.24, 2.45) is 0 Å². The zero-order valence-corrected chi connectivity index (χ0v) is 18.1. The Bertz CT molecular complexity index is 1380. The summed E-state index contributed by atoms with van der Waals surface area (Å²) < 4.78 is 43.2. The van der Waals surface area contributed by atoms with Gasteiger partial charge in [-0.3, -0.25) is 0 Å². The summed E-state index contributed by atoms with van der Waals surface area (Å²) in [6, 6.07) is 18.9. The maximum atomic E-state index is 13.2. The van der Waals surface area contributed by atoms with Crippen LogP contribution in [0.5, 0.6) is 5.88 Å². The van der Waals surface area contributed by atoms with Gasteiger partial charge < -0.3 is 5.11 Å². The van der Waals surface area contributed by atoms with E-state index in [0.29, 0.717) is 10.1 Å². The van der Waals surface area contributed by atoms with Gasteiger partial charge in [-0.1, -0.05) is 64.5 Å². The fraction of sp³-hybridized carbons (Fsp3) is 0.0833. The highest BCUT2D eigenvalue weighted by molar-refractivity contribution is 9.11. The molecule has 0 spiro atoms. The molecule has 0 atom stereocenters. The Kier molecular flexibility index (Phi) is 5.88. The Morgan fingerprint density at radius 2 is 1.75 bits per heavy atom. The molecule has 4 nitrogen and oxygen atoms in total. The molecule has 2 heterocycles. The number of rotatable bonds is 4. The summed E-state index contributed by atoms with van der Waals surface area (Å²) >= 11 is 3.50. The van der Waals surface area contributed by atoms with Gasteiger partial charge in [0.05, 0.1) is 11.8 Å². The maximum Gasteiger partial charge on any atom is 0.416 e. The molecular weight excluding hydrogens is 485 g/mol. The molecule has 0 aliphatic heterocycles. The highest BCUT2D eigenvalue weighted by Gasteiger charge is 2.32. The second kappa shape index (κ2) is 8.63. The smallest absolute Gasteiger partial charge is 0.416 e. The molecule has 32 heavy (non-hydrogen) atoms. The Morgan fingerprint density at radius 3 is 2.47 bits per heavy atom. The normalized spacial score (nSPS) is 12.3. The summed E-state index contributed by atoms with van der Waals surface area (Å²) in [5.41, 5.74) is -0.420. The first kappa shape index (κ1) is 21.8. The Labute approximate surface area is 189 Å². The summed E-state index contributed by atoms with van der Waals surface area (Å²) in [4.78, 5) is 13.1. The van der Waals surface area contributed by atoms with Crippen molar-refractivity contribution in [1.29, 1.82) is 0 Å². The lowest BCUT2D eigenvalue weighted by molar-refractivity contribution is -0.670. The molecule has 0 unspecified atom stereocenters. The van der Waals surface area contributed by atoms with Crippen molar-refractivity contribution in [3.63, 3.8) is 0 Å². The molecule has 4 rings (SSSR count). The van der Waals surface area contributed by atoms with Gasteiger partial charge in [-0.25, -0.2) is 4.79 Å². The van der Waals surface area contributed by atoms with Crippen molar-refractivity contribution in [3.05, 3.63) is 105 Å². The Hall–Kier alpha value is -3.39. The number of fused-ring (bicyclic) bond motifs is 1. The largest absolute Gasteiger partial charge is 0.477 e. The van der Waals surface area contributed by atoms with Crippen LogP contribution in [-0.4, -0.2) is 9.51 Å². The molecule has 0 aliphatic carbocycles. The molecule has 0 radical (unpaired) electrons. The van der Waals surface area contributed by atoms with E-state index in [1.165, 1.54) is 27.3 Å². The van der Waals surface area contributed by atoms with E-state index >= 15 is 0 Å². The van der Waals surface area contributed by atoms with E-state index in [-0.39, 0.29) is 17.7 Å². The van der Waals surface area contributed by atoms with Crippen LogP contribution < -0.4 is 10.1 Å². The molecule has 0 bridgehead atoms. The number of pyridine rings is 1. The first-order valence-electron chi connectivity index (χ1n) is 9.60. The number of aromatic nitrogens is 2. The third kappa shape index (κ3) is 4.31. The highest BCUT2D eigenvalue weighted by Crippen LogP contribution is 2.33. The topological polar surface area (TPSA) is 45.6 Å². The SMILES string of the molecule is O=c1c(-c2cccc(C(F)(F)F)c2)c(O)[n+](C/C(Br)=C/c2ccccc2)c2ccccn12. The van der Waals surface area contributed by atoms with Crippen LogP contribution in [0.25, 0.3) is 22.9 Å². The molecule has 0 saturated carbocycles. The van der Waals surface area contributed by atoms with Crippen LogP contribution in [0.4, 0.5) is 13.2 Å². The van der Waals surface area contributed by atoms with Gasteiger partial charge in [0.25, 0.3) is 11.5 Å². The van der Waals surface area contributed by atoms with E-state index in [9.17, 15) is 23.1 Å². The molecule has 2 aromatic heterocycles. The second-order valence-corrected chi connectivity index (χ2v) is 8.12. The standard InChI is InChI=1S/C24H16BrF3N2O2/c25-19(13-16-7-2-1-3-8-16)15-30-20-11-4-5-12-29(20)22(31)21(23(30)32)17-9-6-10-18(14-17)24(26,27)28/h1-14H,15H2/p+1/b19-13-. The maximum absolute atomic E-state index is 13.2. The van der Waals surface area contributed by atoms with Gasteiger partial charge in [0.1, 0.15) is 6.54 Å². The molecule has 0 fully saturated rings. The number of hydrogen-bond donors (Lipinski definition) is 1. The number of halogens is 4. The van der Waals surface area contributed by atoms with Gasteiger partial charge in [-0.05, 0) is 35.4 Å². The van der Waals surface area contributed by atoms with Crippen LogP contribution in [0.3, 0.4) is 0 Å². The third-order valence-corrected chi connectivity index (χ3v) is 5.42. The zero-order valence-electron chi connectivity index (χ0n) is 16.6. The lowest BCUT2D eigenvalue weighted by Crippen LogP contribution is -2.41. The molecule has 2 aromatic carbocycles. The second-order valence-electron chi connectivity index (χ2n) is 7.10. The van der Waals surface area contributed by atoms with Crippen LogP contribution in [0, 0.1) is 0 Å². The van der Waals surface area contributed by atoms with Crippen LogP contribution in [0.2, 0.25) is 0 Å². The number of alkyl halides is 3. The van der Waals surface area contributed by atoms with Crippen molar-refractivity contribution in [2.75, 3.05) is 0 Å². The van der Waals surface area contributed by atoms with Crippen molar-refractivity contribution >= 4 is 27.7 Å². The fourth-order valence-electron chi connectivity index (χ4n) is 3.47. The van der Waals surface area contributed by atoms with Gasteiger partial charge in [0.2, 0.25) is 0 Å². The lowest BCUT2D eigenvalue weighted by Gasteiger charge is -2.12. The Balaban J connectivity index is 1.91. The number of allylic oxidation sites excluding steroid dienone is 1. The third-order valence-electron chi connectivity index (χ3n) is 4.94. The Morgan fingerprint density at radius 1 is 1.03 bits per heavy atom. The average Bonchev–Trinajstić information content (AvgIpc) is 2.77. The van der Waals surface area contributed by atoms with Gasteiger partial charge in [0, 0.05) is 10.5 Å². The first-order chi connectivity index (χ1) is 15.3. The van der Waals surface area contributed by atoms with E-state index in [0.717, 1.165) is 17.7 Å².